The molecule has 2 N–H and O–H groups in total. The molecule has 8 nitrogen and oxygen atoms in total. The Hall–Kier alpha value is -3.24. The van der Waals surface area contributed by atoms with Crippen molar-refractivity contribution in [2.75, 3.05) is 11.9 Å². The highest BCUT2D eigenvalue weighted by Gasteiger charge is 2.28. The average molecular weight is 411 g/mol. The Morgan fingerprint density at radius 3 is 2.45 bits per heavy atom. The van der Waals surface area contributed by atoms with Crippen molar-refractivity contribution in [3.05, 3.63) is 41.7 Å². The summed E-state index contributed by atoms with van der Waals surface area (Å²) in [5.74, 6) is -0.953. The zero-order valence-corrected chi connectivity index (χ0v) is 15.9. The molecule has 0 saturated carbocycles. The number of carbonyl (C=O) groups is 2. The average Bonchev–Trinajstić information content (AvgIpc) is 2.66. The second-order valence-electron chi connectivity index (χ2n) is 6.47. The number of amides is 2. The Kier molecular flexibility index (Phi) is 7.08. The second-order valence-corrected chi connectivity index (χ2v) is 6.47. The van der Waals surface area contributed by atoms with Gasteiger partial charge < -0.3 is 15.4 Å². The SMILES string of the molecule is CC(C)C(=O)Nc1cc(C(C)NC(=O)c2ccc(OCC(F)(F)F)nn2)ccn1. The number of pyridine rings is 1. The molecule has 0 spiro atoms. The molecule has 2 rings (SSSR count). The maximum absolute atomic E-state index is 12.3. The molecule has 2 amide bonds. The van der Waals surface area contributed by atoms with E-state index in [1.54, 1.807) is 32.9 Å². The van der Waals surface area contributed by atoms with Crippen molar-refractivity contribution in [1.29, 1.82) is 0 Å². The fourth-order valence-electron chi connectivity index (χ4n) is 2.08. The Morgan fingerprint density at radius 1 is 1.14 bits per heavy atom. The van der Waals surface area contributed by atoms with Crippen LogP contribution in [-0.2, 0) is 4.79 Å². The molecule has 2 aromatic heterocycles. The first-order valence-corrected chi connectivity index (χ1v) is 8.66. The topological polar surface area (TPSA) is 106 Å². The number of anilines is 1. The van der Waals surface area contributed by atoms with E-state index in [0.29, 0.717) is 11.4 Å². The molecule has 0 fully saturated rings. The fourth-order valence-corrected chi connectivity index (χ4v) is 2.08. The molecule has 2 aromatic rings. The summed E-state index contributed by atoms with van der Waals surface area (Å²) in [6.45, 7) is 3.72. The quantitative estimate of drug-likeness (QED) is 0.726. The minimum atomic E-state index is -4.49. The van der Waals surface area contributed by atoms with Crippen molar-refractivity contribution in [1.82, 2.24) is 20.5 Å². The largest absolute Gasteiger partial charge is 0.467 e. The van der Waals surface area contributed by atoms with Gasteiger partial charge in [-0.2, -0.15) is 13.2 Å². The van der Waals surface area contributed by atoms with E-state index in [2.05, 4.69) is 30.6 Å². The standard InChI is InChI=1S/C18H20F3N5O3/c1-10(2)16(27)24-14-8-12(6-7-22-14)11(3)23-17(28)13-4-5-15(26-25-13)29-9-18(19,20)21/h4-8,10-11H,9H2,1-3H3,(H,23,28)(H,22,24,27). The van der Waals surface area contributed by atoms with Gasteiger partial charge in [0.2, 0.25) is 11.8 Å². The van der Waals surface area contributed by atoms with Crippen molar-refractivity contribution >= 4 is 17.6 Å². The van der Waals surface area contributed by atoms with Gasteiger partial charge in [-0.3, -0.25) is 9.59 Å². The normalized spacial score (nSPS) is 12.4. The van der Waals surface area contributed by atoms with Crippen LogP contribution in [-0.4, -0.2) is 39.8 Å². The van der Waals surface area contributed by atoms with E-state index in [9.17, 15) is 22.8 Å². The van der Waals surface area contributed by atoms with E-state index in [4.69, 9.17) is 0 Å². The molecular weight excluding hydrogens is 391 g/mol. The molecule has 0 bridgehead atoms. The van der Waals surface area contributed by atoms with E-state index >= 15 is 0 Å². The number of halogens is 3. The number of hydrogen-bond donors (Lipinski definition) is 2. The van der Waals surface area contributed by atoms with Gasteiger partial charge in [0, 0.05) is 18.2 Å². The van der Waals surface area contributed by atoms with E-state index in [-0.39, 0.29) is 23.4 Å². The van der Waals surface area contributed by atoms with Gasteiger partial charge in [0.05, 0.1) is 6.04 Å². The van der Waals surface area contributed by atoms with Crippen LogP contribution >= 0.6 is 0 Å². The van der Waals surface area contributed by atoms with Crippen molar-refractivity contribution in [2.24, 2.45) is 5.92 Å². The first-order chi connectivity index (χ1) is 13.5. The minimum Gasteiger partial charge on any atom is -0.467 e. The molecule has 0 aliphatic carbocycles. The summed E-state index contributed by atoms with van der Waals surface area (Å²) in [6.07, 6.45) is -2.99. The highest BCUT2D eigenvalue weighted by molar-refractivity contribution is 5.92. The summed E-state index contributed by atoms with van der Waals surface area (Å²) in [6, 6.07) is 5.19. The second kappa shape index (κ2) is 9.30. The Balaban J connectivity index is 1.99. The van der Waals surface area contributed by atoms with Gasteiger partial charge in [-0.05, 0) is 30.7 Å². The molecular formula is C18H20F3N5O3. The predicted octanol–water partition coefficient (Wildman–Crippen LogP) is 2.90. The third-order valence-electron chi connectivity index (χ3n) is 3.66. The molecule has 156 valence electrons. The molecule has 0 aliphatic heterocycles. The van der Waals surface area contributed by atoms with Crippen molar-refractivity contribution in [3.8, 4) is 5.88 Å². The van der Waals surface area contributed by atoms with E-state index in [1.165, 1.54) is 12.3 Å². The lowest BCUT2D eigenvalue weighted by molar-refractivity contribution is -0.154. The van der Waals surface area contributed by atoms with Crippen LogP contribution in [0.5, 0.6) is 5.88 Å². The zero-order chi connectivity index (χ0) is 21.6. The number of nitrogens with one attached hydrogen (secondary N) is 2. The summed E-state index contributed by atoms with van der Waals surface area (Å²) in [5.41, 5.74) is 0.601. The number of hydrogen-bond acceptors (Lipinski definition) is 6. The number of aromatic nitrogens is 3. The minimum absolute atomic E-state index is 0.0846. The monoisotopic (exact) mass is 411 g/mol. The molecule has 1 atom stereocenters. The molecule has 2 heterocycles. The van der Waals surface area contributed by atoms with Crippen LogP contribution in [0.25, 0.3) is 0 Å². The summed E-state index contributed by atoms with van der Waals surface area (Å²) < 4.78 is 40.8. The van der Waals surface area contributed by atoms with Gasteiger partial charge in [0.1, 0.15) is 5.82 Å². The summed E-state index contributed by atoms with van der Waals surface area (Å²) in [5, 5.41) is 12.4. The van der Waals surface area contributed by atoms with Crippen LogP contribution in [0.4, 0.5) is 19.0 Å². The van der Waals surface area contributed by atoms with E-state index in [0.717, 1.165) is 6.07 Å². The number of alkyl halides is 3. The predicted molar refractivity (Wildman–Crippen MR) is 97.2 cm³/mol. The molecule has 0 radical (unpaired) electrons. The van der Waals surface area contributed by atoms with Crippen LogP contribution in [0.2, 0.25) is 0 Å². The fraction of sp³-hybridized carbons (Fsp3) is 0.389. The third-order valence-corrected chi connectivity index (χ3v) is 3.66. The number of nitrogens with zero attached hydrogens (tertiary/aromatic N) is 3. The van der Waals surface area contributed by atoms with Crippen LogP contribution in [0, 0.1) is 5.92 Å². The highest BCUT2D eigenvalue weighted by Crippen LogP contribution is 2.18. The number of ether oxygens (including phenoxy) is 1. The smallest absolute Gasteiger partial charge is 0.422 e. The zero-order valence-electron chi connectivity index (χ0n) is 15.9. The molecule has 0 saturated heterocycles. The molecule has 0 aromatic carbocycles. The first-order valence-electron chi connectivity index (χ1n) is 8.66. The molecule has 0 aliphatic rings. The van der Waals surface area contributed by atoms with Crippen molar-refractivity contribution < 1.29 is 27.5 Å². The first kappa shape index (κ1) is 22.1. The third kappa shape index (κ3) is 7.01. The van der Waals surface area contributed by atoms with Crippen LogP contribution in [0.15, 0.2) is 30.5 Å². The lowest BCUT2D eigenvalue weighted by atomic mass is 10.1. The van der Waals surface area contributed by atoms with Crippen LogP contribution in [0.1, 0.15) is 42.9 Å². The lowest BCUT2D eigenvalue weighted by Crippen LogP contribution is -2.28. The number of rotatable bonds is 7. The van der Waals surface area contributed by atoms with Gasteiger partial charge in [-0.25, -0.2) is 4.98 Å². The molecule has 29 heavy (non-hydrogen) atoms. The maximum Gasteiger partial charge on any atom is 0.422 e. The molecule has 1 unspecified atom stereocenters. The van der Waals surface area contributed by atoms with Gasteiger partial charge >= 0.3 is 6.18 Å². The lowest BCUT2D eigenvalue weighted by Gasteiger charge is -2.15. The number of carbonyl (C=O) groups excluding carboxylic acids is 2. The highest BCUT2D eigenvalue weighted by atomic mass is 19.4. The van der Waals surface area contributed by atoms with Gasteiger partial charge in [-0.1, -0.05) is 13.8 Å². The van der Waals surface area contributed by atoms with Gasteiger partial charge in [0.15, 0.2) is 12.3 Å². The Morgan fingerprint density at radius 2 is 1.86 bits per heavy atom. The summed E-state index contributed by atoms with van der Waals surface area (Å²) in [7, 11) is 0. The van der Waals surface area contributed by atoms with Gasteiger partial charge in [0.25, 0.3) is 5.91 Å². The Labute approximate surface area is 164 Å². The molecule has 11 heteroatoms. The summed E-state index contributed by atoms with van der Waals surface area (Å²) in [4.78, 5) is 28.1. The van der Waals surface area contributed by atoms with E-state index < -0.39 is 24.7 Å². The van der Waals surface area contributed by atoms with Crippen molar-refractivity contribution in [2.45, 2.75) is 33.0 Å². The van der Waals surface area contributed by atoms with E-state index in [1.807, 2.05) is 0 Å². The van der Waals surface area contributed by atoms with Gasteiger partial charge in [-0.15, -0.1) is 10.2 Å². The van der Waals surface area contributed by atoms with Crippen LogP contribution < -0.4 is 15.4 Å². The maximum atomic E-state index is 12.3. The Bertz CT molecular complexity index is 857. The van der Waals surface area contributed by atoms with Crippen molar-refractivity contribution in [3.63, 3.8) is 0 Å². The summed E-state index contributed by atoms with van der Waals surface area (Å²) >= 11 is 0. The van der Waals surface area contributed by atoms with Crippen LogP contribution in [0.3, 0.4) is 0 Å².